The molecule has 0 atom stereocenters. The molecule has 2 heterocycles. The molecule has 0 saturated heterocycles. The van der Waals surface area contributed by atoms with E-state index in [2.05, 4.69) is 10.3 Å². The van der Waals surface area contributed by atoms with Gasteiger partial charge in [-0.1, -0.05) is 0 Å². The standard InChI is InChI=1S/C14H15N3O3S/c1-2-20-13(18)11-9-4-3-5-10(9)21-12(11)16-14(19)17-7-6-15-8-17/h6-8H,2-5H2,1H3,(H,16,19). The summed E-state index contributed by atoms with van der Waals surface area (Å²) in [5, 5.41) is 3.35. The van der Waals surface area contributed by atoms with E-state index in [1.54, 1.807) is 13.1 Å². The molecule has 0 spiro atoms. The molecule has 0 saturated carbocycles. The van der Waals surface area contributed by atoms with E-state index in [0.29, 0.717) is 17.2 Å². The summed E-state index contributed by atoms with van der Waals surface area (Å²) < 4.78 is 6.45. The molecule has 1 aliphatic rings. The summed E-state index contributed by atoms with van der Waals surface area (Å²) in [5.41, 5.74) is 1.54. The minimum Gasteiger partial charge on any atom is -0.462 e. The number of amides is 1. The van der Waals surface area contributed by atoms with Crippen molar-refractivity contribution in [1.82, 2.24) is 9.55 Å². The molecule has 0 radical (unpaired) electrons. The number of esters is 1. The number of carbonyl (C=O) groups excluding carboxylic acids is 2. The van der Waals surface area contributed by atoms with E-state index in [1.807, 2.05) is 0 Å². The molecule has 2 aromatic rings. The van der Waals surface area contributed by atoms with Gasteiger partial charge in [-0.3, -0.25) is 9.88 Å². The number of hydrogen-bond donors (Lipinski definition) is 1. The van der Waals surface area contributed by atoms with Crippen molar-refractivity contribution in [1.29, 1.82) is 0 Å². The zero-order valence-corrected chi connectivity index (χ0v) is 12.4. The van der Waals surface area contributed by atoms with Crippen molar-refractivity contribution >= 4 is 28.3 Å². The molecule has 1 N–H and O–H groups in total. The highest BCUT2D eigenvalue weighted by Crippen LogP contribution is 2.39. The monoisotopic (exact) mass is 305 g/mol. The summed E-state index contributed by atoms with van der Waals surface area (Å²) in [5.74, 6) is -0.363. The van der Waals surface area contributed by atoms with Crippen LogP contribution in [0, 0.1) is 0 Å². The molecule has 6 nitrogen and oxygen atoms in total. The molecule has 0 bridgehead atoms. The maximum atomic E-state index is 12.2. The normalized spacial score (nSPS) is 13.0. The number of aromatic nitrogens is 2. The quantitative estimate of drug-likeness (QED) is 0.885. The van der Waals surface area contributed by atoms with Gasteiger partial charge in [0.2, 0.25) is 0 Å². The number of nitrogens with one attached hydrogen (secondary N) is 1. The molecule has 1 aliphatic carbocycles. The number of ether oxygens (including phenoxy) is 1. The van der Waals surface area contributed by atoms with Crippen LogP contribution in [-0.2, 0) is 17.6 Å². The Bertz CT molecular complexity index is 676. The molecule has 1 amide bonds. The van der Waals surface area contributed by atoms with Crippen molar-refractivity contribution in [2.24, 2.45) is 0 Å². The van der Waals surface area contributed by atoms with E-state index >= 15 is 0 Å². The number of anilines is 1. The van der Waals surface area contributed by atoms with Crippen LogP contribution in [0.5, 0.6) is 0 Å². The van der Waals surface area contributed by atoms with Crippen molar-refractivity contribution in [2.75, 3.05) is 11.9 Å². The van der Waals surface area contributed by atoms with Crippen LogP contribution in [0.4, 0.5) is 9.80 Å². The molecule has 7 heteroatoms. The van der Waals surface area contributed by atoms with Crippen LogP contribution >= 0.6 is 11.3 Å². The number of nitrogens with zero attached hydrogens (tertiary/aromatic N) is 2. The average molecular weight is 305 g/mol. The third-order valence-electron chi connectivity index (χ3n) is 3.36. The maximum absolute atomic E-state index is 12.2. The average Bonchev–Trinajstić information content (AvgIpc) is 3.14. The molecule has 0 fully saturated rings. The first-order valence-corrected chi connectivity index (χ1v) is 7.63. The van der Waals surface area contributed by atoms with Crippen molar-refractivity contribution < 1.29 is 14.3 Å². The second kappa shape index (κ2) is 5.69. The van der Waals surface area contributed by atoms with Gasteiger partial charge in [-0.15, -0.1) is 11.3 Å². The van der Waals surface area contributed by atoms with Crippen LogP contribution in [0.25, 0.3) is 0 Å². The van der Waals surface area contributed by atoms with Crippen LogP contribution in [0.3, 0.4) is 0 Å². The molecular formula is C14H15N3O3S. The van der Waals surface area contributed by atoms with Crippen LogP contribution in [0.1, 0.15) is 34.1 Å². The van der Waals surface area contributed by atoms with Gasteiger partial charge in [0.25, 0.3) is 0 Å². The van der Waals surface area contributed by atoms with Crippen LogP contribution in [-0.4, -0.2) is 28.2 Å². The lowest BCUT2D eigenvalue weighted by atomic mass is 10.1. The lowest BCUT2D eigenvalue weighted by Crippen LogP contribution is -2.19. The van der Waals surface area contributed by atoms with E-state index in [0.717, 1.165) is 24.8 Å². The predicted octanol–water partition coefficient (Wildman–Crippen LogP) is 2.69. The lowest BCUT2D eigenvalue weighted by Gasteiger charge is -2.07. The van der Waals surface area contributed by atoms with Gasteiger partial charge in [-0.05, 0) is 31.7 Å². The molecule has 3 rings (SSSR count). The fraction of sp³-hybridized carbons (Fsp3) is 0.357. The summed E-state index contributed by atoms with van der Waals surface area (Å²) in [6.45, 7) is 2.09. The number of carbonyl (C=O) groups is 2. The number of rotatable bonds is 3. The van der Waals surface area contributed by atoms with Crippen molar-refractivity contribution in [3.63, 3.8) is 0 Å². The number of imidazole rings is 1. The summed E-state index contributed by atoms with van der Waals surface area (Å²) >= 11 is 1.46. The highest BCUT2D eigenvalue weighted by Gasteiger charge is 2.28. The SMILES string of the molecule is CCOC(=O)c1c(NC(=O)n2ccnc2)sc2c1CCC2. The first-order chi connectivity index (χ1) is 10.2. The summed E-state index contributed by atoms with van der Waals surface area (Å²) in [4.78, 5) is 29.3. The summed E-state index contributed by atoms with van der Waals surface area (Å²) in [6, 6.07) is -0.335. The molecule has 0 unspecified atom stereocenters. The van der Waals surface area contributed by atoms with Crippen molar-refractivity contribution in [3.05, 3.63) is 34.7 Å². The Morgan fingerprint density at radius 1 is 1.48 bits per heavy atom. The lowest BCUT2D eigenvalue weighted by molar-refractivity contribution is 0.0527. The fourth-order valence-corrected chi connectivity index (χ4v) is 3.72. The molecule has 110 valence electrons. The van der Waals surface area contributed by atoms with Gasteiger partial charge >= 0.3 is 12.0 Å². The molecular weight excluding hydrogens is 290 g/mol. The van der Waals surface area contributed by atoms with E-state index in [-0.39, 0.29) is 12.0 Å². The van der Waals surface area contributed by atoms with E-state index < -0.39 is 0 Å². The Hall–Kier alpha value is -2.15. The minimum atomic E-state index is -0.363. The Balaban J connectivity index is 1.91. The Morgan fingerprint density at radius 3 is 3.05 bits per heavy atom. The Kier molecular flexibility index (Phi) is 3.74. The smallest absolute Gasteiger partial charge is 0.341 e. The first-order valence-electron chi connectivity index (χ1n) is 6.81. The minimum absolute atomic E-state index is 0.318. The van der Waals surface area contributed by atoms with Crippen LogP contribution < -0.4 is 5.32 Å². The van der Waals surface area contributed by atoms with Gasteiger partial charge in [0.15, 0.2) is 0 Å². The van der Waals surface area contributed by atoms with Gasteiger partial charge < -0.3 is 4.74 Å². The third kappa shape index (κ3) is 2.56. The second-order valence-corrected chi connectivity index (χ2v) is 5.79. The van der Waals surface area contributed by atoms with Crippen molar-refractivity contribution in [2.45, 2.75) is 26.2 Å². The van der Waals surface area contributed by atoms with Gasteiger partial charge in [0.1, 0.15) is 11.3 Å². The largest absolute Gasteiger partial charge is 0.462 e. The summed E-state index contributed by atoms with van der Waals surface area (Å²) in [7, 11) is 0. The van der Waals surface area contributed by atoms with Gasteiger partial charge in [0, 0.05) is 17.3 Å². The number of fused-ring (bicyclic) bond motifs is 1. The van der Waals surface area contributed by atoms with E-state index in [4.69, 9.17) is 4.74 Å². The number of aryl methyl sites for hydroxylation is 1. The molecule has 0 aromatic carbocycles. The summed E-state index contributed by atoms with van der Waals surface area (Å²) in [6.07, 6.45) is 7.36. The molecule has 0 aliphatic heterocycles. The predicted molar refractivity (Wildman–Crippen MR) is 78.9 cm³/mol. The topological polar surface area (TPSA) is 73.2 Å². The van der Waals surface area contributed by atoms with Gasteiger partial charge in [-0.25, -0.2) is 14.6 Å². The first kappa shape index (κ1) is 13.8. The van der Waals surface area contributed by atoms with E-state index in [1.165, 1.54) is 33.3 Å². The fourth-order valence-electron chi connectivity index (χ4n) is 2.45. The van der Waals surface area contributed by atoms with Crippen LogP contribution in [0.15, 0.2) is 18.7 Å². The molecule has 2 aromatic heterocycles. The highest BCUT2D eigenvalue weighted by atomic mass is 32.1. The Labute approximate surface area is 125 Å². The number of hydrogen-bond acceptors (Lipinski definition) is 5. The second-order valence-electron chi connectivity index (χ2n) is 4.68. The Morgan fingerprint density at radius 2 is 2.33 bits per heavy atom. The van der Waals surface area contributed by atoms with Gasteiger partial charge in [-0.2, -0.15) is 0 Å². The maximum Gasteiger partial charge on any atom is 0.341 e. The number of thiophene rings is 1. The molecule has 21 heavy (non-hydrogen) atoms. The third-order valence-corrected chi connectivity index (χ3v) is 4.57. The van der Waals surface area contributed by atoms with Crippen molar-refractivity contribution in [3.8, 4) is 0 Å². The van der Waals surface area contributed by atoms with E-state index in [9.17, 15) is 9.59 Å². The van der Waals surface area contributed by atoms with Crippen LogP contribution in [0.2, 0.25) is 0 Å². The highest BCUT2D eigenvalue weighted by molar-refractivity contribution is 7.17. The zero-order chi connectivity index (χ0) is 14.8. The van der Waals surface area contributed by atoms with Gasteiger partial charge in [0.05, 0.1) is 12.2 Å². The zero-order valence-electron chi connectivity index (χ0n) is 11.6.